The molecule has 0 aromatic heterocycles. The van der Waals surface area contributed by atoms with Gasteiger partial charge >= 0.3 is 0 Å². The Morgan fingerprint density at radius 1 is 0.879 bits per heavy atom. The van der Waals surface area contributed by atoms with Crippen LogP contribution in [0.2, 0.25) is 0 Å². The van der Waals surface area contributed by atoms with Crippen molar-refractivity contribution in [2.75, 3.05) is 61.5 Å². The standard InChI is InChI=1S/C24H32N4O4S/c29-24(26-20-8-10-22(11-9-20)27-14-16-32-17-15-27)19-25-21-6-5-7-23(18-21)33(30,31)28-12-3-1-2-4-13-28/h5-11,18,25H,1-4,12-17,19H2,(H,26,29). The summed E-state index contributed by atoms with van der Waals surface area (Å²) < 4.78 is 33.0. The highest BCUT2D eigenvalue weighted by Crippen LogP contribution is 2.23. The minimum absolute atomic E-state index is 0.0401. The highest BCUT2D eigenvalue weighted by atomic mass is 32.2. The monoisotopic (exact) mass is 472 g/mol. The number of hydrogen-bond acceptors (Lipinski definition) is 6. The van der Waals surface area contributed by atoms with Gasteiger partial charge in [0.1, 0.15) is 0 Å². The van der Waals surface area contributed by atoms with E-state index in [0.29, 0.717) is 18.8 Å². The summed E-state index contributed by atoms with van der Waals surface area (Å²) in [5.74, 6) is -0.199. The topological polar surface area (TPSA) is 91.0 Å². The Labute approximate surface area is 196 Å². The maximum Gasteiger partial charge on any atom is 0.243 e. The first kappa shape index (κ1) is 23.5. The molecule has 2 aliphatic heterocycles. The van der Waals surface area contributed by atoms with Gasteiger partial charge in [0.05, 0.1) is 24.7 Å². The lowest BCUT2D eigenvalue weighted by Gasteiger charge is -2.28. The van der Waals surface area contributed by atoms with E-state index in [0.717, 1.165) is 63.4 Å². The number of rotatable bonds is 7. The van der Waals surface area contributed by atoms with Crippen LogP contribution in [0.4, 0.5) is 17.1 Å². The quantitative estimate of drug-likeness (QED) is 0.643. The van der Waals surface area contributed by atoms with Crippen molar-refractivity contribution in [1.82, 2.24) is 4.31 Å². The minimum atomic E-state index is -3.53. The fraction of sp³-hybridized carbons (Fsp3) is 0.458. The predicted octanol–water partition coefficient (Wildman–Crippen LogP) is 3.14. The summed E-state index contributed by atoms with van der Waals surface area (Å²) in [5, 5.41) is 5.91. The Hall–Kier alpha value is -2.62. The normalized spacial score (nSPS) is 17.9. The van der Waals surface area contributed by atoms with Gasteiger partial charge in [0.15, 0.2) is 0 Å². The number of nitrogens with one attached hydrogen (secondary N) is 2. The molecule has 4 rings (SSSR count). The second-order valence-corrected chi connectivity index (χ2v) is 10.3. The summed E-state index contributed by atoms with van der Waals surface area (Å²) in [5.41, 5.74) is 2.43. The summed E-state index contributed by atoms with van der Waals surface area (Å²) >= 11 is 0. The average molecular weight is 473 g/mol. The molecule has 33 heavy (non-hydrogen) atoms. The van der Waals surface area contributed by atoms with E-state index in [-0.39, 0.29) is 17.3 Å². The number of amides is 1. The van der Waals surface area contributed by atoms with Gasteiger partial charge in [-0.1, -0.05) is 18.9 Å². The Morgan fingerprint density at radius 2 is 1.58 bits per heavy atom. The summed E-state index contributed by atoms with van der Waals surface area (Å²) in [7, 11) is -3.53. The smallest absolute Gasteiger partial charge is 0.243 e. The zero-order chi connectivity index (χ0) is 23.1. The van der Waals surface area contributed by atoms with Gasteiger partial charge in [0.25, 0.3) is 0 Å². The van der Waals surface area contributed by atoms with Crippen LogP contribution in [0.25, 0.3) is 0 Å². The Bertz CT molecular complexity index is 1030. The van der Waals surface area contributed by atoms with Crippen LogP contribution in [0.3, 0.4) is 0 Å². The summed E-state index contributed by atoms with van der Waals surface area (Å²) in [6.45, 7) is 4.34. The van der Waals surface area contributed by atoms with E-state index < -0.39 is 10.0 Å². The van der Waals surface area contributed by atoms with Gasteiger partial charge in [0.2, 0.25) is 15.9 Å². The third-order valence-corrected chi connectivity index (χ3v) is 7.91. The van der Waals surface area contributed by atoms with Crippen molar-refractivity contribution in [2.45, 2.75) is 30.6 Å². The lowest BCUT2D eigenvalue weighted by molar-refractivity contribution is -0.114. The van der Waals surface area contributed by atoms with Crippen molar-refractivity contribution in [3.63, 3.8) is 0 Å². The van der Waals surface area contributed by atoms with E-state index in [2.05, 4.69) is 15.5 Å². The fourth-order valence-electron chi connectivity index (χ4n) is 4.16. The molecule has 2 N–H and O–H groups in total. The number of benzene rings is 2. The van der Waals surface area contributed by atoms with Crippen molar-refractivity contribution < 1.29 is 17.9 Å². The van der Waals surface area contributed by atoms with E-state index in [1.165, 1.54) is 0 Å². The number of nitrogens with zero attached hydrogens (tertiary/aromatic N) is 2. The molecule has 2 heterocycles. The number of carbonyl (C=O) groups is 1. The molecule has 2 fully saturated rings. The third-order valence-electron chi connectivity index (χ3n) is 6.02. The van der Waals surface area contributed by atoms with Crippen molar-refractivity contribution in [2.24, 2.45) is 0 Å². The third kappa shape index (κ3) is 6.25. The lowest BCUT2D eigenvalue weighted by atomic mass is 10.2. The van der Waals surface area contributed by atoms with Gasteiger partial charge in [-0.25, -0.2) is 8.42 Å². The molecule has 1 amide bonds. The van der Waals surface area contributed by atoms with Crippen LogP contribution < -0.4 is 15.5 Å². The van der Waals surface area contributed by atoms with Crippen LogP contribution in [-0.2, 0) is 19.6 Å². The second-order valence-electron chi connectivity index (χ2n) is 8.39. The first-order valence-electron chi connectivity index (χ1n) is 11.6. The number of sulfonamides is 1. The van der Waals surface area contributed by atoms with E-state index >= 15 is 0 Å². The number of morpholine rings is 1. The SMILES string of the molecule is O=C(CNc1cccc(S(=O)(=O)N2CCCCCC2)c1)Nc1ccc(N2CCOCC2)cc1. The van der Waals surface area contributed by atoms with E-state index in [1.54, 1.807) is 28.6 Å². The van der Waals surface area contributed by atoms with Crippen LogP contribution >= 0.6 is 0 Å². The number of anilines is 3. The van der Waals surface area contributed by atoms with E-state index in [9.17, 15) is 13.2 Å². The molecule has 178 valence electrons. The van der Waals surface area contributed by atoms with Crippen LogP contribution in [0, 0.1) is 0 Å². The van der Waals surface area contributed by atoms with E-state index in [4.69, 9.17) is 4.74 Å². The minimum Gasteiger partial charge on any atom is -0.378 e. The van der Waals surface area contributed by atoms with Crippen molar-refractivity contribution >= 4 is 33.0 Å². The highest BCUT2D eigenvalue weighted by Gasteiger charge is 2.25. The van der Waals surface area contributed by atoms with Crippen molar-refractivity contribution in [3.8, 4) is 0 Å². The molecule has 9 heteroatoms. The van der Waals surface area contributed by atoms with Crippen LogP contribution in [0.5, 0.6) is 0 Å². The predicted molar refractivity (Wildman–Crippen MR) is 130 cm³/mol. The highest BCUT2D eigenvalue weighted by molar-refractivity contribution is 7.89. The Kier molecular flexibility index (Phi) is 7.85. The molecule has 0 radical (unpaired) electrons. The van der Waals surface area contributed by atoms with Crippen molar-refractivity contribution in [1.29, 1.82) is 0 Å². The Balaban J connectivity index is 1.32. The molecule has 2 aromatic rings. The molecule has 0 unspecified atom stereocenters. The molecule has 0 aliphatic carbocycles. The molecular formula is C24H32N4O4S. The summed E-state index contributed by atoms with van der Waals surface area (Å²) in [6.07, 6.45) is 3.92. The molecule has 0 bridgehead atoms. The molecule has 2 aromatic carbocycles. The molecule has 0 atom stereocenters. The zero-order valence-electron chi connectivity index (χ0n) is 18.8. The molecule has 2 saturated heterocycles. The molecule has 8 nitrogen and oxygen atoms in total. The Morgan fingerprint density at radius 3 is 2.27 bits per heavy atom. The van der Waals surface area contributed by atoms with Crippen LogP contribution in [0.1, 0.15) is 25.7 Å². The average Bonchev–Trinajstić information content (AvgIpc) is 3.14. The van der Waals surface area contributed by atoms with Gasteiger partial charge in [-0.05, 0) is 55.3 Å². The molecule has 2 aliphatic rings. The summed E-state index contributed by atoms with van der Waals surface area (Å²) in [4.78, 5) is 14.9. The number of ether oxygens (including phenoxy) is 1. The first-order chi connectivity index (χ1) is 16.0. The van der Waals surface area contributed by atoms with Gasteiger partial charge in [0, 0.05) is 43.2 Å². The van der Waals surface area contributed by atoms with Gasteiger partial charge in [-0.3, -0.25) is 4.79 Å². The van der Waals surface area contributed by atoms with Gasteiger partial charge in [-0.15, -0.1) is 0 Å². The summed E-state index contributed by atoms with van der Waals surface area (Å²) in [6, 6.07) is 14.4. The number of hydrogen-bond donors (Lipinski definition) is 2. The molecule has 0 saturated carbocycles. The second kappa shape index (κ2) is 11.0. The van der Waals surface area contributed by atoms with Crippen LogP contribution in [0.15, 0.2) is 53.4 Å². The molecular weight excluding hydrogens is 440 g/mol. The number of carbonyl (C=O) groups excluding carboxylic acids is 1. The molecule has 0 spiro atoms. The maximum atomic E-state index is 13.0. The zero-order valence-corrected chi connectivity index (χ0v) is 19.6. The first-order valence-corrected chi connectivity index (χ1v) is 13.0. The van der Waals surface area contributed by atoms with Crippen LogP contribution in [-0.4, -0.2) is 64.6 Å². The fourth-order valence-corrected chi connectivity index (χ4v) is 5.73. The van der Waals surface area contributed by atoms with Crippen molar-refractivity contribution in [3.05, 3.63) is 48.5 Å². The lowest BCUT2D eigenvalue weighted by Crippen LogP contribution is -2.36. The van der Waals surface area contributed by atoms with Gasteiger partial charge < -0.3 is 20.3 Å². The maximum absolute atomic E-state index is 13.0. The largest absolute Gasteiger partial charge is 0.378 e. The van der Waals surface area contributed by atoms with E-state index in [1.807, 2.05) is 24.3 Å². The van der Waals surface area contributed by atoms with Gasteiger partial charge in [-0.2, -0.15) is 4.31 Å².